The lowest BCUT2D eigenvalue weighted by atomic mass is 10.0. The molecule has 1 saturated heterocycles. The summed E-state index contributed by atoms with van der Waals surface area (Å²) in [5.41, 5.74) is 3.39. The summed E-state index contributed by atoms with van der Waals surface area (Å²) in [4.78, 5) is 0.374. The number of rotatable bonds is 4. The molecule has 0 saturated carbocycles. The molecule has 0 amide bonds. The summed E-state index contributed by atoms with van der Waals surface area (Å²) in [5.74, 6) is 1.30. The number of hydrogen-bond donors (Lipinski definition) is 0. The van der Waals surface area contributed by atoms with Crippen LogP contribution in [-0.4, -0.2) is 25.0 Å². The van der Waals surface area contributed by atoms with Crippen LogP contribution in [0.25, 0.3) is 0 Å². The van der Waals surface area contributed by atoms with Crippen molar-refractivity contribution < 1.29 is 8.42 Å². The minimum atomic E-state index is -3.47. The Morgan fingerprint density at radius 1 is 1.04 bits per heavy atom. The van der Waals surface area contributed by atoms with Crippen molar-refractivity contribution in [2.75, 3.05) is 12.3 Å². The van der Waals surface area contributed by atoms with Crippen molar-refractivity contribution in [2.45, 2.75) is 37.0 Å². The van der Waals surface area contributed by atoms with Crippen molar-refractivity contribution >= 4 is 21.8 Å². The van der Waals surface area contributed by atoms with E-state index in [0.717, 1.165) is 16.9 Å². The van der Waals surface area contributed by atoms with Crippen molar-refractivity contribution in [3.05, 3.63) is 65.2 Å². The highest BCUT2D eigenvalue weighted by atomic mass is 32.2. The van der Waals surface area contributed by atoms with Crippen molar-refractivity contribution in [1.29, 1.82) is 0 Å². The summed E-state index contributed by atoms with van der Waals surface area (Å²) in [6.45, 7) is 6.83. The summed E-state index contributed by atoms with van der Waals surface area (Å²) in [6.07, 6.45) is 0. The smallest absolute Gasteiger partial charge is 0.207 e. The Bertz CT molecular complexity index is 796. The first kappa shape index (κ1) is 17.5. The van der Waals surface area contributed by atoms with Crippen LogP contribution >= 0.6 is 11.8 Å². The Kier molecular flexibility index (Phi) is 5.04. The van der Waals surface area contributed by atoms with Crippen molar-refractivity contribution in [2.24, 2.45) is 0 Å². The van der Waals surface area contributed by atoms with Crippen LogP contribution in [0.15, 0.2) is 53.4 Å². The highest BCUT2D eigenvalue weighted by Gasteiger charge is 2.36. The van der Waals surface area contributed by atoms with E-state index >= 15 is 0 Å². The van der Waals surface area contributed by atoms with Crippen LogP contribution in [0.1, 0.15) is 41.8 Å². The molecule has 5 heteroatoms. The van der Waals surface area contributed by atoms with Gasteiger partial charge in [-0.1, -0.05) is 55.8 Å². The molecule has 0 aliphatic carbocycles. The van der Waals surface area contributed by atoms with Crippen LogP contribution in [-0.2, 0) is 10.0 Å². The van der Waals surface area contributed by atoms with Gasteiger partial charge in [0.2, 0.25) is 10.0 Å². The van der Waals surface area contributed by atoms with Crippen molar-refractivity contribution in [3.8, 4) is 0 Å². The zero-order valence-electron chi connectivity index (χ0n) is 14.3. The Morgan fingerprint density at radius 2 is 1.67 bits per heavy atom. The minimum Gasteiger partial charge on any atom is -0.207 e. The maximum absolute atomic E-state index is 13.0. The highest BCUT2D eigenvalue weighted by Crippen LogP contribution is 2.41. The Labute approximate surface area is 149 Å². The van der Waals surface area contributed by atoms with Crippen LogP contribution in [0, 0.1) is 6.92 Å². The number of thioether (sulfide) groups is 1. The molecule has 0 spiro atoms. The van der Waals surface area contributed by atoms with Crippen LogP contribution in [0.2, 0.25) is 0 Å². The van der Waals surface area contributed by atoms with E-state index in [2.05, 4.69) is 38.1 Å². The predicted molar refractivity (Wildman–Crippen MR) is 101 cm³/mol. The zero-order valence-corrected chi connectivity index (χ0v) is 15.9. The summed E-state index contributed by atoms with van der Waals surface area (Å²) in [5, 5.41) is -0.141. The average Bonchev–Trinajstić information content (AvgIpc) is 3.06. The van der Waals surface area contributed by atoms with Gasteiger partial charge in [-0.05, 0) is 36.1 Å². The standard InChI is InChI=1S/C19H23NO2S2/c1-14(2)16-6-8-17(9-7-16)19-20(12-13-23-19)24(21,22)18-10-4-15(3)5-11-18/h4-11,14,19H,12-13H2,1-3H3. The van der Waals surface area contributed by atoms with Gasteiger partial charge in [-0.3, -0.25) is 0 Å². The van der Waals surface area contributed by atoms with Gasteiger partial charge < -0.3 is 0 Å². The monoisotopic (exact) mass is 361 g/mol. The van der Waals surface area contributed by atoms with Crippen molar-refractivity contribution in [1.82, 2.24) is 4.31 Å². The first-order chi connectivity index (χ1) is 11.4. The third kappa shape index (κ3) is 3.39. The molecular formula is C19H23NO2S2. The fourth-order valence-corrected chi connectivity index (χ4v) is 6.10. The third-order valence-electron chi connectivity index (χ3n) is 4.36. The molecule has 24 heavy (non-hydrogen) atoms. The van der Waals surface area contributed by atoms with E-state index in [1.54, 1.807) is 28.2 Å². The molecule has 0 bridgehead atoms. The minimum absolute atomic E-state index is 0.141. The third-order valence-corrected chi connectivity index (χ3v) is 7.64. The maximum atomic E-state index is 13.0. The van der Waals surface area contributed by atoms with Crippen LogP contribution < -0.4 is 0 Å². The second kappa shape index (κ2) is 6.90. The van der Waals surface area contributed by atoms with E-state index < -0.39 is 10.0 Å². The average molecular weight is 362 g/mol. The van der Waals surface area contributed by atoms with Gasteiger partial charge in [0.05, 0.1) is 10.3 Å². The van der Waals surface area contributed by atoms with E-state index in [-0.39, 0.29) is 5.37 Å². The molecular weight excluding hydrogens is 338 g/mol. The number of hydrogen-bond acceptors (Lipinski definition) is 3. The summed E-state index contributed by atoms with van der Waals surface area (Å²) in [6, 6.07) is 15.4. The van der Waals surface area contributed by atoms with E-state index in [4.69, 9.17) is 0 Å². The molecule has 1 unspecified atom stereocenters. The Morgan fingerprint density at radius 3 is 2.25 bits per heavy atom. The SMILES string of the molecule is Cc1ccc(S(=O)(=O)N2CCSC2c2ccc(C(C)C)cc2)cc1. The second-order valence-corrected chi connectivity index (χ2v) is 9.55. The molecule has 0 N–H and O–H groups in total. The van der Waals surface area contributed by atoms with E-state index in [1.165, 1.54) is 5.56 Å². The van der Waals surface area contributed by atoms with Gasteiger partial charge in [0, 0.05) is 12.3 Å². The topological polar surface area (TPSA) is 37.4 Å². The normalized spacial score (nSPS) is 19.1. The quantitative estimate of drug-likeness (QED) is 0.801. The zero-order chi connectivity index (χ0) is 17.3. The van der Waals surface area contributed by atoms with E-state index in [0.29, 0.717) is 17.4 Å². The van der Waals surface area contributed by atoms with Gasteiger partial charge in [-0.2, -0.15) is 4.31 Å². The maximum Gasteiger partial charge on any atom is 0.244 e. The largest absolute Gasteiger partial charge is 0.244 e. The molecule has 2 aromatic carbocycles. The number of aryl methyl sites for hydroxylation is 1. The second-order valence-electron chi connectivity index (χ2n) is 6.47. The van der Waals surface area contributed by atoms with Gasteiger partial charge in [-0.25, -0.2) is 8.42 Å². The highest BCUT2D eigenvalue weighted by molar-refractivity contribution is 8.01. The number of nitrogens with zero attached hydrogens (tertiary/aromatic N) is 1. The molecule has 3 nitrogen and oxygen atoms in total. The molecule has 0 aromatic heterocycles. The van der Waals surface area contributed by atoms with Crippen LogP contribution in [0.4, 0.5) is 0 Å². The summed E-state index contributed by atoms with van der Waals surface area (Å²) >= 11 is 1.69. The lowest BCUT2D eigenvalue weighted by Crippen LogP contribution is -2.30. The molecule has 1 fully saturated rings. The Hall–Kier alpha value is -1.30. The van der Waals surface area contributed by atoms with E-state index in [1.807, 2.05) is 19.1 Å². The lowest BCUT2D eigenvalue weighted by molar-refractivity contribution is 0.434. The molecule has 1 atom stereocenters. The van der Waals surface area contributed by atoms with Gasteiger partial charge in [0.25, 0.3) is 0 Å². The molecule has 0 radical (unpaired) electrons. The Balaban J connectivity index is 1.91. The molecule has 1 aliphatic heterocycles. The predicted octanol–water partition coefficient (Wildman–Crippen LogP) is 4.55. The fraction of sp³-hybridized carbons (Fsp3) is 0.368. The van der Waals surface area contributed by atoms with Crippen LogP contribution in [0.5, 0.6) is 0 Å². The van der Waals surface area contributed by atoms with E-state index in [9.17, 15) is 8.42 Å². The molecule has 2 aromatic rings. The summed E-state index contributed by atoms with van der Waals surface area (Å²) in [7, 11) is -3.47. The van der Waals surface area contributed by atoms with Gasteiger partial charge in [0.15, 0.2) is 0 Å². The summed E-state index contributed by atoms with van der Waals surface area (Å²) < 4.78 is 27.7. The van der Waals surface area contributed by atoms with Gasteiger partial charge >= 0.3 is 0 Å². The molecule has 128 valence electrons. The molecule has 3 rings (SSSR count). The first-order valence-electron chi connectivity index (χ1n) is 8.19. The number of benzene rings is 2. The van der Waals surface area contributed by atoms with Crippen LogP contribution in [0.3, 0.4) is 0 Å². The van der Waals surface area contributed by atoms with Gasteiger partial charge in [-0.15, -0.1) is 11.8 Å². The lowest BCUT2D eigenvalue weighted by Gasteiger charge is -2.24. The first-order valence-corrected chi connectivity index (χ1v) is 10.7. The molecule has 1 aliphatic rings. The number of sulfonamides is 1. The fourth-order valence-electron chi connectivity index (χ4n) is 2.85. The molecule has 1 heterocycles. The van der Waals surface area contributed by atoms with Crippen molar-refractivity contribution in [3.63, 3.8) is 0 Å². The van der Waals surface area contributed by atoms with Gasteiger partial charge in [0.1, 0.15) is 0 Å².